The molecule has 0 radical (unpaired) electrons. The highest BCUT2D eigenvalue weighted by molar-refractivity contribution is 5.75. The van der Waals surface area contributed by atoms with E-state index in [1.165, 1.54) is 7.11 Å². The molecule has 0 bridgehead atoms. The Morgan fingerprint density at radius 3 is 2.53 bits per heavy atom. The van der Waals surface area contributed by atoms with E-state index in [0.717, 1.165) is 0 Å². The maximum Gasteiger partial charge on any atom is 0.409 e. The first-order valence-corrected chi connectivity index (χ1v) is 6.46. The third-order valence-corrected chi connectivity index (χ3v) is 3.11. The molecule has 108 valence electrons. The van der Waals surface area contributed by atoms with Gasteiger partial charge in [-0.3, -0.25) is 4.79 Å². The molecule has 1 amide bonds. The van der Waals surface area contributed by atoms with Crippen molar-refractivity contribution in [2.45, 2.75) is 45.8 Å². The lowest BCUT2D eigenvalue weighted by atomic mass is 9.97. The van der Waals surface area contributed by atoms with E-state index in [-0.39, 0.29) is 24.2 Å². The SMILES string of the molecule is C=CC[C@H]1C[C@@H](OC(=O)C(C)(C)C)CN1C(=O)OC. The molecule has 2 atom stereocenters. The Morgan fingerprint density at radius 2 is 2.05 bits per heavy atom. The van der Waals surface area contributed by atoms with E-state index in [2.05, 4.69) is 6.58 Å². The van der Waals surface area contributed by atoms with Crippen LogP contribution in [0.25, 0.3) is 0 Å². The molecule has 0 spiro atoms. The van der Waals surface area contributed by atoms with Gasteiger partial charge >= 0.3 is 12.1 Å². The van der Waals surface area contributed by atoms with Crippen molar-refractivity contribution < 1.29 is 19.1 Å². The molecule has 0 unspecified atom stereocenters. The summed E-state index contributed by atoms with van der Waals surface area (Å²) >= 11 is 0. The van der Waals surface area contributed by atoms with Gasteiger partial charge in [0.25, 0.3) is 0 Å². The fraction of sp³-hybridized carbons (Fsp3) is 0.714. The van der Waals surface area contributed by atoms with E-state index < -0.39 is 5.41 Å². The fourth-order valence-corrected chi connectivity index (χ4v) is 2.04. The number of likely N-dealkylation sites (tertiary alicyclic amines) is 1. The van der Waals surface area contributed by atoms with Crippen LogP contribution < -0.4 is 0 Å². The first kappa shape index (κ1) is 15.5. The molecule has 0 saturated carbocycles. The van der Waals surface area contributed by atoms with Gasteiger partial charge in [0.1, 0.15) is 6.10 Å². The summed E-state index contributed by atoms with van der Waals surface area (Å²) in [6, 6.07) is -0.0114. The van der Waals surface area contributed by atoms with Gasteiger partial charge in [-0.15, -0.1) is 6.58 Å². The van der Waals surface area contributed by atoms with Gasteiger partial charge in [0.15, 0.2) is 0 Å². The molecule has 5 heteroatoms. The van der Waals surface area contributed by atoms with Crippen LogP contribution in [0.5, 0.6) is 0 Å². The zero-order chi connectivity index (χ0) is 14.6. The Kier molecular flexibility index (Phi) is 4.97. The van der Waals surface area contributed by atoms with Gasteiger partial charge in [-0.05, 0) is 27.2 Å². The highest BCUT2D eigenvalue weighted by Gasteiger charge is 2.38. The van der Waals surface area contributed by atoms with Gasteiger partial charge < -0.3 is 14.4 Å². The maximum absolute atomic E-state index is 11.9. The lowest BCUT2D eigenvalue weighted by molar-refractivity contribution is -0.157. The molecule has 19 heavy (non-hydrogen) atoms. The third-order valence-electron chi connectivity index (χ3n) is 3.11. The summed E-state index contributed by atoms with van der Waals surface area (Å²) in [5.41, 5.74) is -0.535. The normalized spacial score (nSPS) is 23.1. The average Bonchev–Trinajstić information content (AvgIpc) is 2.70. The lowest BCUT2D eigenvalue weighted by Gasteiger charge is -2.21. The molecule has 1 aliphatic heterocycles. The van der Waals surface area contributed by atoms with Crippen molar-refractivity contribution in [2.75, 3.05) is 13.7 Å². The number of methoxy groups -OCH3 is 1. The molecule has 5 nitrogen and oxygen atoms in total. The second kappa shape index (κ2) is 6.08. The van der Waals surface area contributed by atoms with Crippen molar-refractivity contribution in [2.24, 2.45) is 5.41 Å². The van der Waals surface area contributed by atoms with E-state index in [1.54, 1.807) is 11.0 Å². The third kappa shape index (κ3) is 3.98. The first-order chi connectivity index (χ1) is 8.79. The minimum absolute atomic E-state index is 0.0114. The molecule has 1 heterocycles. The maximum atomic E-state index is 11.9. The standard InChI is InChI=1S/C14H23NO4/c1-6-7-10-8-11(9-15(10)13(17)18-5)19-12(16)14(2,3)4/h6,10-11H,1,7-9H2,2-5H3/t10-,11+/m0/s1. The molecule has 1 fully saturated rings. The molecule has 0 aromatic heterocycles. The van der Waals surface area contributed by atoms with Crippen molar-refractivity contribution in [3.05, 3.63) is 12.7 Å². The summed E-state index contributed by atoms with van der Waals surface area (Å²) in [4.78, 5) is 25.1. The minimum Gasteiger partial charge on any atom is -0.460 e. The Morgan fingerprint density at radius 1 is 1.42 bits per heavy atom. The Hall–Kier alpha value is -1.52. The first-order valence-electron chi connectivity index (χ1n) is 6.46. The molecule has 0 N–H and O–H groups in total. The van der Waals surface area contributed by atoms with Crippen LogP contribution in [0.4, 0.5) is 4.79 Å². The summed E-state index contributed by atoms with van der Waals surface area (Å²) in [7, 11) is 1.35. The molecule has 0 aromatic rings. The van der Waals surface area contributed by atoms with E-state index in [1.807, 2.05) is 20.8 Å². The van der Waals surface area contributed by atoms with Gasteiger partial charge in [-0.2, -0.15) is 0 Å². The van der Waals surface area contributed by atoms with Gasteiger partial charge in [0, 0.05) is 12.5 Å². The Balaban J connectivity index is 2.67. The number of amides is 1. The predicted octanol–water partition coefficient (Wildman–Crippen LogP) is 2.36. The van der Waals surface area contributed by atoms with Crippen LogP contribution in [0.2, 0.25) is 0 Å². The van der Waals surface area contributed by atoms with Gasteiger partial charge in [-0.1, -0.05) is 6.08 Å². The molecule has 0 aliphatic carbocycles. The van der Waals surface area contributed by atoms with Crippen molar-refractivity contribution in [3.8, 4) is 0 Å². The summed E-state index contributed by atoms with van der Waals surface area (Å²) in [6.45, 7) is 9.49. The number of carbonyl (C=O) groups is 2. The van der Waals surface area contributed by atoms with Crippen LogP contribution in [-0.4, -0.2) is 42.8 Å². The highest BCUT2D eigenvalue weighted by atomic mass is 16.6. The van der Waals surface area contributed by atoms with Crippen LogP contribution in [0.1, 0.15) is 33.6 Å². The Bertz CT molecular complexity index is 359. The largest absolute Gasteiger partial charge is 0.460 e. The number of hydrogen-bond donors (Lipinski definition) is 0. The fourth-order valence-electron chi connectivity index (χ4n) is 2.04. The predicted molar refractivity (Wildman–Crippen MR) is 71.7 cm³/mol. The van der Waals surface area contributed by atoms with E-state index in [9.17, 15) is 9.59 Å². The molecule has 1 rings (SSSR count). The van der Waals surface area contributed by atoms with Crippen molar-refractivity contribution in [1.29, 1.82) is 0 Å². The lowest BCUT2D eigenvalue weighted by Crippen LogP contribution is -2.36. The molecule has 1 aliphatic rings. The summed E-state index contributed by atoms with van der Waals surface area (Å²) in [5, 5.41) is 0. The second-order valence-corrected chi connectivity index (χ2v) is 5.81. The minimum atomic E-state index is -0.535. The van der Waals surface area contributed by atoms with Crippen LogP contribution >= 0.6 is 0 Å². The van der Waals surface area contributed by atoms with E-state index in [4.69, 9.17) is 9.47 Å². The summed E-state index contributed by atoms with van der Waals surface area (Å²) < 4.78 is 10.2. The van der Waals surface area contributed by atoms with Gasteiger partial charge in [-0.25, -0.2) is 4.79 Å². The molecule has 0 aromatic carbocycles. The number of esters is 1. The smallest absolute Gasteiger partial charge is 0.409 e. The molecule has 1 saturated heterocycles. The van der Waals surface area contributed by atoms with Crippen LogP contribution in [0, 0.1) is 5.41 Å². The number of carbonyl (C=O) groups excluding carboxylic acids is 2. The molecular weight excluding hydrogens is 246 g/mol. The topological polar surface area (TPSA) is 55.8 Å². The van der Waals surface area contributed by atoms with E-state index in [0.29, 0.717) is 19.4 Å². The van der Waals surface area contributed by atoms with Crippen molar-refractivity contribution in [3.63, 3.8) is 0 Å². The second-order valence-electron chi connectivity index (χ2n) is 5.81. The van der Waals surface area contributed by atoms with Crippen molar-refractivity contribution in [1.82, 2.24) is 4.90 Å². The quantitative estimate of drug-likeness (QED) is 0.583. The van der Waals surface area contributed by atoms with Crippen molar-refractivity contribution >= 4 is 12.1 Å². The van der Waals surface area contributed by atoms with Gasteiger partial charge in [0.2, 0.25) is 0 Å². The average molecular weight is 269 g/mol. The summed E-state index contributed by atoms with van der Waals surface area (Å²) in [5.74, 6) is -0.249. The van der Waals surface area contributed by atoms with E-state index >= 15 is 0 Å². The number of ether oxygens (including phenoxy) is 2. The monoisotopic (exact) mass is 269 g/mol. The number of hydrogen-bond acceptors (Lipinski definition) is 4. The number of rotatable bonds is 3. The zero-order valence-corrected chi connectivity index (χ0v) is 12.1. The van der Waals surface area contributed by atoms with Gasteiger partial charge in [0.05, 0.1) is 19.1 Å². The number of nitrogens with zero attached hydrogens (tertiary/aromatic N) is 1. The van der Waals surface area contributed by atoms with Crippen LogP contribution in [0.3, 0.4) is 0 Å². The Labute approximate surface area is 114 Å². The highest BCUT2D eigenvalue weighted by Crippen LogP contribution is 2.26. The van der Waals surface area contributed by atoms with Crippen LogP contribution in [-0.2, 0) is 14.3 Å². The zero-order valence-electron chi connectivity index (χ0n) is 12.1. The molecular formula is C14H23NO4. The van der Waals surface area contributed by atoms with Crippen LogP contribution in [0.15, 0.2) is 12.7 Å². The summed E-state index contributed by atoms with van der Waals surface area (Å²) in [6.07, 6.45) is 2.40.